The molecule has 2 rings (SSSR count). The van der Waals surface area contributed by atoms with Crippen LogP contribution in [0, 0.1) is 0 Å². The minimum Gasteiger partial charge on any atom is -0.449 e. The molecule has 0 radical (unpaired) electrons. The molecule has 0 saturated heterocycles. The molecule has 0 saturated carbocycles. The molecule has 110 valence electrons. The molecule has 0 amide bonds. The first kappa shape index (κ1) is 15.1. The van der Waals surface area contributed by atoms with Crippen molar-refractivity contribution in [2.75, 3.05) is 0 Å². The number of aromatic amines is 1. The number of hydrogen-bond acceptors (Lipinski definition) is 4. The van der Waals surface area contributed by atoms with Crippen LogP contribution in [-0.2, 0) is 6.54 Å². The Labute approximate surface area is 127 Å². The second-order valence-electron chi connectivity index (χ2n) is 3.94. The lowest BCUT2D eigenvalue weighted by Gasteiger charge is -2.08. The summed E-state index contributed by atoms with van der Waals surface area (Å²) in [7, 11) is 0. The van der Waals surface area contributed by atoms with Crippen molar-refractivity contribution < 1.29 is 14.6 Å². The maximum atomic E-state index is 11.8. The smallest absolute Gasteiger partial charge is 0.449 e. The molecule has 1 aromatic heterocycles. The zero-order chi connectivity index (χ0) is 15.6. The molecule has 0 aliphatic carbocycles. The predicted molar refractivity (Wildman–Crippen MR) is 75.5 cm³/mol. The van der Waals surface area contributed by atoms with Gasteiger partial charge in [0.05, 0.1) is 22.7 Å². The Morgan fingerprint density at radius 2 is 2.05 bits per heavy atom. The van der Waals surface area contributed by atoms with Gasteiger partial charge in [-0.1, -0.05) is 35.3 Å². The van der Waals surface area contributed by atoms with Crippen LogP contribution < -0.4 is 16.0 Å². The molecule has 0 aliphatic heterocycles. The van der Waals surface area contributed by atoms with Crippen LogP contribution in [0.15, 0.2) is 33.9 Å². The number of aromatic nitrogens is 2. The largest absolute Gasteiger partial charge is 0.512 e. The van der Waals surface area contributed by atoms with E-state index in [-0.39, 0.29) is 11.6 Å². The molecule has 0 bridgehead atoms. The molecule has 9 heteroatoms. The topological polar surface area (TPSA) is 101 Å². The Kier molecular flexibility index (Phi) is 4.35. The van der Waals surface area contributed by atoms with E-state index >= 15 is 0 Å². The summed E-state index contributed by atoms with van der Waals surface area (Å²) in [5.41, 5.74) is -1.08. The van der Waals surface area contributed by atoms with Gasteiger partial charge in [0.1, 0.15) is 0 Å². The van der Waals surface area contributed by atoms with Crippen LogP contribution >= 0.6 is 23.2 Å². The van der Waals surface area contributed by atoms with Gasteiger partial charge >= 0.3 is 11.8 Å². The minimum atomic E-state index is -1.64. The third kappa shape index (κ3) is 3.45. The molecule has 1 aromatic carbocycles. The van der Waals surface area contributed by atoms with Crippen molar-refractivity contribution in [3.8, 4) is 5.88 Å². The number of halogens is 2. The molecule has 0 atom stereocenters. The number of carboxylic acid groups (broad SMARTS) is 1. The van der Waals surface area contributed by atoms with Crippen molar-refractivity contribution in [2.45, 2.75) is 6.54 Å². The average molecular weight is 331 g/mol. The number of nitrogens with one attached hydrogen (secondary N) is 1. The van der Waals surface area contributed by atoms with Crippen LogP contribution in [0.3, 0.4) is 0 Å². The normalized spacial score (nSPS) is 10.4. The lowest BCUT2D eigenvalue weighted by Crippen LogP contribution is -2.35. The summed E-state index contributed by atoms with van der Waals surface area (Å²) >= 11 is 11.8. The summed E-state index contributed by atoms with van der Waals surface area (Å²) in [5, 5.41) is 8.96. The second-order valence-corrected chi connectivity index (χ2v) is 4.73. The van der Waals surface area contributed by atoms with Gasteiger partial charge < -0.3 is 9.84 Å². The van der Waals surface area contributed by atoms with Crippen molar-refractivity contribution in [2.24, 2.45) is 0 Å². The summed E-state index contributed by atoms with van der Waals surface area (Å²) in [6.07, 6.45) is -1.64. The fourth-order valence-corrected chi connectivity index (χ4v) is 2.02. The van der Waals surface area contributed by atoms with Gasteiger partial charge in [0.25, 0.3) is 5.56 Å². The highest BCUT2D eigenvalue weighted by molar-refractivity contribution is 6.42. The molecule has 2 N–H and O–H groups in total. The van der Waals surface area contributed by atoms with Gasteiger partial charge in [-0.25, -0.2) is 9.59 Å². The Bertz CT molecular complexity index is 781. The van der Waals surface area contributed by atoms with Gasteiger partial charge in [0.2, 0.25) is 5.88 Å². The number of nitrogens with zero attached hydrogens (tertiary/aromatic N) is 1. The first-order valence-corrected chi connectivity index (χ1v) is 6.32. The summed E-state index contributed by atoms with van der Waals surface area (Å²) in [6.45, 7) is -0.110. The number of ether oxygens (including phenoxy) is 1. The molecular weight excluding hydrogens is 323 g/mol. The molecule has 0 unspecified atom stereocenters. The SMILES string of the molecule is O=C(O)Oc1cc(=O)n(Cc2cccc(Cl)c2Cl)c(=O)[nH]1. The first-order chi connectivity index (χ1) is 9.88. The molecule has 0 aliphatic rings. The van der Waals surface area contributed by atoms with Gasteiger partial charge in [0, 0.05) is 0 Å². The van der Waals surface area contributed by atoms with Crippen LogP contribution in [0.25, 0.3) is 0 Å². The summed E-state index contributed by atoms with van der Waals surface area (Å²) in [6, 6.07) is 5.67. The van der Waals surface area contributed by atoms with Crippen molar-refractivity contribution in [3.05, 3.63) is 60.7 Å². The zero-order valence-corrected chi connectivity index (χ0v) is 11.8. The summed E-state index contributed by atoms with van der Waals surface area (Å²) in [4.78, 5) is 36.1. The number of H-pyrrole nitrogens is 1. The van der Waals surface area contributed by atoms with Gasteiger partial charge in [-0.15, -0.1) is 0 Å². The van der Waals surface area contributed by atoms with Crippen molar-refractivity contribution in [1.82, 2.24) is 9.55 Å². The molecule has 7 nitrogen and oxygen atoms in total. The number of benzene rings is 1. The third-order valence-electron chi connectivity index (χ3n) is 2.55. The lowest BCUT2D eigenvalue weighted by molar-refractivity contribution is 0.142. The lowest BCUT2D eigenvalue weighted by atomic mass is 10.2. The summed E-state index contributed by atoms with van der Waals surface area (Å²) < 4.78 is 5.06. The van der Waals surface area contributed by atoms with Gasteiger partial charge in [-0.2, -0.15) is 0 Å². The van der Waals surface area contributed by atoms with Crippen molar-refractivity contribution >= 4 is 29.4 Å². The van der Waals surface area contributed by atoms with E-state index in [1.54, 1.807) is 18.2 Å². The van der Waals surface area contributed by atoms with Crippen LogP contribution in [0.2, 0.25) is 10.0 Å². The van der Waals surface area contributed by atoms with Crippen LogP contribution in [0.1, 0.15) is 5.56 Å². The number of hydrogen-bond donors (Lipinski definition) is 2. The highest BCUT2D eigenvalue weighted by Crippen LogP contribution is 2.25. The number of rotatable bonds is 3. The fourth-order valence-electron chi connectivity index (χ4n) is 1.64. The van der Waals surface area contributed by atoms with Crippen molar-refractivity contribution in [1.29, 1.82) is 0 Å². The van der Waals surface area contributed by atoms with Crippen LogP contribution in [0.4, 0.5) is 4.79 Å². The number of carbonyl (C=O) groups is 1. The molecule has 1 heterocycles. The van der Waals surface area contributed by atoms with E-state index in [2.05, 4.69) is 9.72 Å². The van der Waals surface area contributed by atoms with Gasteiger partial charge in [-0.05, 0) is 11.6 Å². The van der Waals surface area contributed by atoms with Crippen LogP contribution in [-0.4, -0.2) is 20.8 Å². The predicted octanol–water partition coefficient (Wildman–Crippen LogP) is 1.95. The van der Waals surface area contributed by atoms with Gasteiger partial charge in [0.15, 0.2) is 0 Å². The standard InChI is InChI=1S/C12H8Cl2N2O5/c13-7-3-1-2-6(10(7)14)5-16-9(17)4-8(15-11(16)18)21-12(19)20/h1-4H,5H2,(H,15,18)(H,19,20). The molecule has 0 fully saturated rings. The quantitative estimate of drug-likeness (QED) is 0.837. The highest BCUT2D eigenvalue weighted by atomic mass is 35.5. The second kappa shape index (κ2) is 6.02. The third-order valence-corrected chi connectivity index (χ3v) is 3.41. The highest BCUT2D eigenvalue weighted by Gasteiger charge is 2.11. The van der Waals surface area contributed by atoms with Crippen molar-refractivity contribution in [3.63, 3.8) is 0 Å². The maximum absolute atomic E-state index is 11.8. The van der Waals surface area contributed by atoms with E-state index in [0.29, 0.717) is 10.6 Å². The molecular formula is C12H8Cl2N2O5. The Morgan fingerprint density at radius 3 is 2.67 bits per heavy atom. The Morgan fingerprint density at radius 1 is 1.33 bits per heavy atom. The van der Waals surface area contributed by atoms with E-state index < -0.39 is 23.3 Å². The van der Waals surface area contributed by atoms with E-state index in [1.165, 1.54) is 0 Å². The minimum absolute atomic E-state index is 0.110. The van der Waals surface area contributed by atoms with E-state index in [4.69, 9.17) is 28.3 Å². The van der Waals surface area contributed by atoms with E-state index in [1.807, 2.05) is 0 Å². The summed E-state index contributed by atoms with van der Waals surface area (Å²) in [5.74, 6) is -0.453. The average Bonchev–Trinajstić information content (AvgIpc) is 2.38. The van der Waals surface area contributed by atoms with E-state index in [0.717, 1.165) is 10.6 Å². The van der Waals surface area contributed by atoms with Crippen LogP contribution in [0.5, 0.6) is 5.88 Å². The first-order valence-electron chi connectivity index (χ1n) is 5.56. The molecule has 21 heavy (non-hydrogen) atoms. The maximum Gasteiger partial charge on any atom is 0.512 e. The van der Waals surface area contributed by atoms with E-state index in [9.17, 15) is 14.4 Å². The molecule has 2 aromatic rings. The Hall–Kier alpha value is -2.25. The zero-order valence-electron chi connectivity index (χ0n) is 10.3. The monoisotopic (exact) mass is 330 g/mol. The van der Waals surface area contributed by atoms with Gasteiger partial charge in [-0.3, -0.25) is 14.3 Å². The fraction of sp³-hybridized carbons (Fsp3) is 0.0833. The Balaban J connectivity index is 2.42. The molecule has 0 spiro atoms.